The standard InChI is InChI=1S/C16H17Cl2NOS/c1-11(19-2)10-20-15-5-3-4-6-16(15)21-12-7-8-13(17)14(18)9-12/h3-9,11,19H,10H2,1-2H3. The second-order valence-electron chi connectivity index (χ2n) is 4.63. The van der Waals surface area contributed by atoms with Gasteiger partial charge in [-0.25, -0.2) is 0 Å². The van der Waals surface area contributed by atoms with E-state index < -0.39 is 0 Å². The fourth-order valence-corrected chi connectivity index (χ4v) is 2.92. The summed E-state index contributed by atoms with van der Waals surface area (Å²) in [7, 11) is 1.92. The van der Waals surface area contributed by atoms with Crippen molar-refractivity contribution < 1.29 is 4.74 Å². The smallest absolute Gasteiger partial charge is 0.133 e. The monoisotopic (exact) mass is 341 g/mol. The molecule has 0 amide bonds. The zero-order valence-corrected chi connectivity index (χ0v) is 14.2. The van der Waals surface area contributed by atoms with Gasteiger partial charge in [-0.1, -0.05) is 47.1 Å². The van der Waals surface area contributed by atoms with E-state index in [2.05, 4.69) is 12.2 Å². The molecule has 0 saturated carbocycles. The topological polar surface area (TPSA) is 21.3 Å². The maximum atomic E-state index is 6.06. The van der Waals surface area contributed by atoms with E-state index in [1.54, 1.807) is 17.8 Å². The van der Waals surface area contributed by atoms with Crippen LogP contribution in [-0.2, 0) is 0 Å². The Kier molecular flexibility index (Phi) is 6.24. The van der Waals surface area contributed by atoms with Crippen LogP contribution in [-0.4, -0.2) is 19.7 Å². The highest BCUT2D eigenvalue weighted by atomic mass is 35.5. The minimum atomic E-state index is 0.299. The Labute approximate surface area is 139 Å². The predicted molar refractivity (Wildman–Crippen MR) is 91.0 cm³/mol. The molecule has 0 aromatic heterocycles. The molecule has 0 aliphatic heterocycles. The van der Waals surface area contributed by atoms with Gasteiger partial charge in [-0.2, -0.15) is 0 Å². The molecule has 5 heteroatoms. The summed E-state index contributed by atoms with van der Waals surface area (Å²) in [6.07, 6.45) is 0. The van der Waals surface area contributed by atoms with E-state index in [1.807, 2.05) is 43.4 Å². The van der Waals surface area contributed by atoms with Gasteiger partial charge in [-0.05, 0) is 44.3 Å². The summed E-state index contributed by atoms with van der Waals surface area (Å²) in [4.78, 5) is 2.08. The van der Waals surface area contributed by atoms with Crippen molar-refractivity contribution in [3.8, 4) is 5.75 Å². The van der Waals surface area contributed by atoms with Gasteiger partial charge < -0.3 is 10.1 Å². The molecule has 2 aromatic rings. The molecule has 1 unspecified atom stereocenters. The predicted octanol–water partition coefficient (Wildman–Crippen LogP) is 5.13. The van der Waals surface area contributed by atoms with Crippen molar-refractivity contribution >= 4 is 35.0 Å². The molecular weight excluding hydrogens is 325 g/mol. The molecule has 1 N–H and O–H groups in total. The molecule has 0 spiro atoms. The molecule has 0 aliphatic carbocycles. The molecule has 0 saturated heterocycles. The van der Waals surface area contributed by atoms with Crippen molar-refractivity contribution in [2.45, 2.75) is 22.8 Å². The first-order chi connectivity index (χ1) is 10.1. The molecule has 1 atom stereocenters. The summed E-state index contributed by atoms with van der Waals surface area (Å²) >= 11 is 13.6. The van der Waals surface area contributed by atoms with Crippen LogP contribution in [0.2, 0.25) is 10.0 Å². The molecule has 112 valence electrons. The van der Waals surface area contributed by atoms with Crippen LogP contribution in [0.4, 0.5) is 0 Å². The fourth-order valence-electron chi connectivity index (χ4n) is 1.62. The van der Waals surface area contributed by atoms with Crippen molar-refractivity contribution in [2.75, 3.05) is 13.7 Å². The lowest BCUT2D eigenvalue weighted by atomic mass is 10.3. The average molecular weight is 342 g/mol. The van der Waals surface area contributed by atoms with Crippen LogP contribution in [0.25, 0.3) is 0 Å². The third-order valence-electron chi connectivity index (χ3n) is 2.95. The van der Waals surface area contributed by atoms with E-state index in [4.69, 9.17) is 27.9 Å². The van der Waals surface area contributed by atoms with Gasteiger partial charge in [0, 0.05) is 10.9 Å². The number of para-hydroxylation sites is 1. The molecule has 0 aliphatic rings. The van der Waals surface area contributed by atoms with Crippen LogP contribution in [0.1, 0.15) is 6.92 Å². The van der Waals surface area contributed by atoms with Crippen LogP contribution in [0.15, 0.2) is 52.3 Å². The number of nitrogens with one attached hydrogen (secondary N) is 1. The zero-order chi connectivity index (χ0) is 15.2. The van der Waals surface area contributed by atoms with Gasteiger partial charge in [0.05, 0.1) is 14.9 Å². The van der Waals surface area contributed by atoms with E-state index in [-0.39, 0.29) is 0 Å². The van der Waals surface area contributed by atoms with Gasteiger partial charge in [0.1, 0.15) is 12.4 Å². The lowest BCUT2D eigenvalue weighted by Gasteiger charge is -2.15. The van der Waals surface area contributed by atoms with Crippen LogP contribution in [0.3, 0.4) is 0 Å². The molecule has 0 radical (unpaired) electrons. The molecule has 0 fully saturated rings. The minimum Gasteiger partial charge on any atom is -0.491 e. The number of ether oxygens (including phenoxy) is 1. The van der Waals surface area contributed by atoms with Crippen molar-refractivity contribution in [2.24, 2.45) is 0 Å². The number of rotatable bonds is 6. The summed E-state index contributed by atoms with van der Waals surface area (Å²) in [6.45, 7) is 2.70. The Morgan fingerprint density at radius 2 is 1.90 bits per heavy atom. The number of hydrogen-bond donors (Lipinski definition) is 1. The SMILES string of the molecule is CNC(C)COc1ccccc1Sc1ccc(Cl)c(Cl)c1. The van der Waals surface area contributed by atoms with E-state index in [0.29, 0.717) is 22.7 Å². The molecule has 0 bridgehead atoms. The van der Waals surface area contributed by atoms with Crippen LogP contribution < -0.4 is 10.1 Å². The van der Waals surface area contributed by atoms with Gasteiger partial charge in [0.25, 0.3) is 0 Å². The maximum Gasteiger partial charge on any atom is 0.133 e. The quantitative estimate of drug-likeness (QED) is 0.786. The van der Waals surface area contributed by atoms with Crippen molar-refractivity contribution in [1.82, 2.24) is 5.32 Å². The number of likely N-dealkylation sites (N-methyl/N-ethyl adjacent to an activating group) is 1. The third-order valence-corrected chi connectivity index (χ3v) is 4.74. The highest BCUT2D eigenvalue weighted by molar-refractivity contribution is 7.99. The highest BCUT2D eigenvalue weighted by Gasteiger charge is 2.08. The molecule has 2 aromatic carbocycles. The Balaban J connectivity index is 2.13. The van der Waals surface area contributed by atoms with Crippen molar-refractivity contribution in [3.63, 3.8) is 0 Å². The largest absolute Gasteiger partial charge is 0.491 e. The fraction of sp³-hybridized carbons (Fsp3) is 0.250. The number of hydrogen-bond acceptors (Lipinski definition) is 3. The number of benzene rings is 2. The third kappa shape index (κ3) is 4.82. The Hall–Kier alpha value is -0.870. The molecule has 21 heavy (non-hydrogen) atoms. The Morgan fingerprint density at radius 3 is 2.62 bits per heavy atom. The molecular formula is C16H17Cl2NOS. The average Bonchev–Trinajstić information content (AvgIpc) is 2.49. The number of halogens is 2. The molecule has 2 rings (SSSR count). The van der Waals surface area contributed by atoms with Crippen LogP contribution >= 0.6 is 35.0 Å². The normalized spacial score (nSPS) is 12.2. The van der Waals surface area contributed by atoms with E-state index in [1.165, 1.54) is 0 Å². The lowest BCUT2D eigenvalue weighted by Crippen LogP contribution is -2.28. The van der Waals surface area contributed by atoms with Crippen molar-refractivity contribution in [3.05, 3.63) is 52.5 Å². The first-order valence-corrected chi connectivity index (χ1v) is 8.19. The van der Waals surface area contributed by atoms with Crippen molar-refractivity contribution in [1.29, 1.82) is 0 Å². The zero-order valence-electron chi connectivity index (χ0n) is 11.9. The summed E-state index contributed by atoms with van der Waals surface area (Å²) in [5.41, 5.74) is 0. The van der Waals surface area contributed by atoms with E-state index in [9.17, 15) is 0 Å². The minimum absolute atomic E-state index is 0.299. The van der Waals surface area contributed by atoms with Gasteiger partial charge >= 0.3 is 0 Å². The maximum absolute atomic E-state index is 6.06. The first-order valence-electron chi connectivity index (χ1n) is 6.62. The summed E-state index contributed by atoms with van der Waals surface area (Å²) in [5.74, 6) is 0.871. The van der Waals surface area contributed by atoms with Gasteiger partial charge in [-0.3, -0.25) is 0 Å². The van der Waals surface area contributed by atoms with Crippen LogP contribution in [0.5, 0.6) is 5.75 Å². The second kappa shape index (κ2) is 7.95. The first kappa shape index (κ1) is 16.5. The summed E-state index contributed by atoms with van der Waals surface area (Å²) < 4.78 is 5.87. The lowest BCUT2D eigenvalue weighted by molar-refractivity contribution is 0.274. The van der Waals surface area contributed by atoms with Gasteiger partial charge in [0.2, 0.25) is 0 Å². The van der Waals surface area contributed by atoms with E-state index >= 15 is 0 Å². The highest BCUT2D eigenvalue weighted by Crippen LogP contribution is 2.37. The molecule has 0 heterocycles. The Bertz CT molecular complexity index is 607. The summed E-state index contributed by atoms with van der Waals surface area (Å²) in [5, 5.41) is 4.28. The second-order valence-corrected chi connectivity index (χ2v) is 6.56. The van der Waals surface area contributed by atoms with E-state index in [0.717, 1.165) is 15.5 Å². The van der Waals surface area contributed by atoms with Gasteiger partial charge in [0.15, 0.2) is 0 Å². The molecule has 2 nitrogen and oxygen atoms in total. The van der Waals surface area contributed by atoms with Crippen LogP contribution in [0, 0.1) is 0 Å². The summed E-state index contributed by atoms with van der Waals surface area (Å²) in [6, 6.07) is 13.9. The van der Waals surface area contributed by atoms with Gasteiger partial charge in [-0.15, -0.1) is 0 Å². The Morgan fingerprint density at radius 1 is 1.14 bits per heavy atom.